The maximum Gasteiger partial charge on any atom is 0.341 e. The first-order chi connectivity index (χ1) is 18.3. The third kappa shape index (κ3) is 4.98. The zero-order chi connectivity index (χ0) is 27.0. The molecule has 198 valence electrons. The highest BCUT2D eigenvalue weighted by Gasteiger charge is 2.36. The molecule has 38 heavy (non-hydrogen) atoms. The van der Waals surface area contributed by atoms with Gasteiger partial charge in [0.05, 0.1) is 17.0 Å². The Hall–Kier alpha value is -3.50. The van der Waals surface area contributed by atoms with Gasteiger partial charge in [0.15, 0.2) is 5.11 Å². The first-order valence-electron chi connectivity index (χ1n) is 12.7. The van der Waals surface area contributed by atoms with Gasteiger partial charge in [-0.1, -0.05) is 24.3 Å². The van der Waals surface area contributed by atoms with Crippen molar-refractivity contribution in [3.63, 3.8) is 0 Å². The van der Waals surface area contributed by atoms with Gasteiger partial charge in [-0.25, -0.2) is 4.79 Å². The Morgan fingerprint density at radius 3 is 2.63 bits per heavy atom. The molecule has 2 atom stereocenters. The first kappa shape index (κ1) is 26.1. The van der Waals surface area contributed by atoms with E-state index >= 15 is 0 Å². The molecule has 1 saturated heterocycles. The summed E-state index contributed by atoms with van der Waals surface area (Å²) in [6, 6.07) is 13.0. The second kappa shape index (κ2) is 10.7. The largest absolute Gasteiger partial charge is 0.462 e. The minimum absolute atomic E-state index is 0.0380. The van der Waals surface area contributed by atoms with Crippen molar-refractivity contribution in [1.29, 1.82) is 0 Å². The lowest BCUT2D eigenvalue weighted by Crippen LogP contribution is -2.50. The van der Waals surface area contributed by atoms with Crippen molar-refractivity contribution in [2.75, 3.05) is 30.3 Å². The minimum Gasteiger partial charge on any atom is -0.462 e. The smallest absolute Gasteiger partial charge is 0.341 e. The maximum atomic E-state index is 13.2. The van der Waals surface area contributed by atoms with E-state index in [1.807, 2.05) is 47.9 Å². The van der Waals surface area contributed by atoms with Crippen molar-refractivity contribution < 1.29 is 14.3 Å². The Morgan fingerprint density at radius 2 is 1.87 bits per heavy atom. The molecule has 2 N–H and O–H groups in total. The summed E-state index contributed by atoms with van der Waals surface area (Å²) in [5, 5.41) is 7.20. The van der Waals surface area contributed by atoms with Gasteiger partial charge in [-0.2, -0.15) is 0 Å². The summed E-state index contributed by atoms with van der Waals surface area (Å²) in [6.45, 7) is 7.70. The van der Waals surface area contributed by atoms with Crippen molar-refractivity contribution in [3.8, 4) is 0 Å². The molecule has 2 aliphatic heterocycles. The van der Waals surface area contributed by atoms with Crippen LogP contribution in [0.25, 0.3) is 0 Å². The number of thiocarbonyl (C=S) groups is 1. The molecule has 3 aromatic rings. The number of carbonyl (C=O) groups excluding carboxylic acids is 2. The molecule has 0 unspecified atom stereocenters. The number of pyridine rings is 1. The van der Waals surface area contributed by atoms with E-state index in [1.54, 1.807) is 19.9 Å². The Bertz CT molecular complexity index is 1480. The third-order valence-corrected chi connectivity index (χ3v) is 8.78. The number of hydrogen-bond acceptors (Lipinski definition) is 6. The minimum atomic E-state index is -0.495. The van der Waals surface area contributed by atoms with Crippen LogP contribution in [-0.2, 0) is 11.3 Å². The van der Waals surface area contributed by atoms with Crippen molar-refractivity contribution >= 4 is 51.2 Å². The summed E-state index contributed by atoms with van der Waals surface area (Å²) in [4.78, 5) is 41.1. The third-order valence-electron chi connectivity index (χ3n) is 7.21. The van der Waals surface area contributed by atoms with Crippen LogP contribution in [0, 0.1) is 19.8 Å². The van der Waals surface area contributed by atoms with Gasteiger partial charge in [0, 0.05) is 43.0 Å². The SMILES string of the molecule is CCOC(=O)c1c(NC(=S)N2C[C@@H]3C[C@H](C2)c2cccc(=O)n2C3)sc(C(=O)Nc2ccccc2C)c1C. The molecule has 2 aromatic heterocycles. The number of ether oxygens (including phenoxy) is 1. The number of likely N-dealkylation sites (tertiary alicyclic amines) is 1. The van der Waals surface area contributed by atoms with Crippen molar-refractivity contribution in [1.82, 2.24) is 9.47 Å². The van der Waals surface area contributed by atoms with E-state index in [0.29, 0.717) is 57.4 Å². The number of amides is 1. The zero-order valence-corrected chi connectivity index (χ0v) is 23.2. The molecular formula is C28H30N4O4S2. The number of thiophene rings is 1. The molecule has 0 radical (unpaired) electrons. The number of aromatic nitrogens is 1. The number of hydrogen-bond donors (Lipinski definition) is 2. The fourth-order valence-electron chi connectivity index (χ4n) is 5.40. The molecule has 1 fully saturated rings. The van der Waals surface area contributed by atoms with E-state index in [-0.39, 0.29) is 24.0 Å². The number of rotatable bonds is 5. The average Bonchev–Trinajstić information content (AvgIpc) is 3.21. The van der Waals surface area contributed by atoms with Crippen LogP contribution >= 0.6 is 23.6 Å². The summed E-state index contributed by atoms with van der Waals surface area (Å²) >= 11 is 7.00. The van der Waals surface area contributed by atoms with Gasteiger partial charge in [-0.3, -0.25) is 9.59 Å². The topological polar surface area (TPSA) is 92.7 Å². The van der Waals surface area contributed by atoms with Crippen molar-refractivity contribution in [2.45, 2.75) is 39.7 Å². The van der Waals surface area contributed by atoms with Crippen LogP contribution in [0.5, 0.6) is 0 Å². The van der Waals surface area contributed by atoms with E-state index in [1.165, 1.54) is 11.3 Å². The number of anilines is 2. The maximum absolute atomic E-state index is 13.2. The first-order valence-corrected chi connectivity index (χ1v) is 13.9. The predicted molar refractivity (Wildman–Crippen MR) is 153 cm³/mol. The van der Waals surface area contributed by atoms with Gasteiger partial charge in [0.25, 0.3) is 11.5 Å². The van der Waals surface area contributed by atoms with Crippen LogP contribution in [0.1, 0.15) is 56.1 Å². The normalized spacial score (nSPS) is 17.9. The van der Waals surface area contributed by atoms with Crippen molar-refractivity contribution in [3.05, 3.63) is 80.1 Å². The van der Waals surface area contributed by atoms with Crippen LogP contribution < -0.4 is 16.2 Å². The molecule has 2 bridgehead atoms. The van der Waals surface area contributed by atoms with Crippen LogP contribution in [0.4, 0.5) is 10.7 Å². The highest BCUT2D eigenvalue weighted by molar-refractivity contribution is 7.80. The number of aryl methyl sites for hydroxylation is 1. The molecule has 1 amide bonds. The number of piperidine rings is 1. The predicted octanol–water partition coefficient (Wildman–Crippen LogP) is 4.77. The van der Waals surface area contributed by atoms with Gasteiger partial charge in [0.1, 0.15) is 5.00 Å². The lowest BCUT2D eigenvalue weighted by Gasteiger charge is -2.43. The zero-order valence-electron chi connectivity index (χ0n) is 21.6. The fraction of sp³-hybridized carbons (Fsp3) is 0.357. The highest BCUT2D eigenvalue weighted by atomic mass is 32.1. The van der Waals surface area contributed by atoms with Crippen LogP contribution in [0.15, 0.2) is 47.3 Å². The van der Waals surface area contributed by atoms with E-state index in [4.69, 9.17) is 17.0 Å². The molecule has 1 aromatic carbocycles. The average molecular weight is 551 g/mol. The number of carbonyl (C=O) groups is 2. The van der Waals surface area contributed by atoms with Gasteiger partial charge in [-0.15, -0.1) is 11.3 Å². The number of nitrogens with one attached hydrogen (secondary N) is 2. The van der Waals surface area contributed by atoms with Crippen LogP contribution in [0.2, 0.25) is 0 Å². The molecule has 10 heteroatoms. The van der Waals surface area contributed by atoms with Gasteiger partial charge in [0.2, 0.25) is 0 Å². The van der Waals surface area contributed by atoms with E-state index < -0.39 is 5.97 Å². The van der Waals surface area contributed by atoms with Crippen LogP contribution in [-0.4, -0.2) is 46.2 Å². The highest BCUT2D eigenvalue weighted by Crippen LogP contribution is 2.37. The summed E-state index contributed by atoms with van der Waals surface area (Å²) in [5.74, 6) is -0.293. The molecule has 0 spiro atoms. The fourth-order valence-corrected chi connectivity index (χ4v) is 6.80. The van der Waals surface area contributed by atoms with Gasteiger partial charge >= 0.3 is 5.97 Å². The van der Waals surface area contributed by atoms with Crippen molar-refractivity contribution in [2.24, 2.45) is 5.92 Å². The number of fused-ring (bicyclic) bond motifs is 4. The standard InChI is InChI=1S/C28H30N4O4S2/c1-4-36-27(35)23-17(3)24(25(34)29-20-9-6-5-8-16(20)2)38-26(23)30-28(37)31-13-18-12-19(15-31)21-10-7-11-22(33)32(21)14-18/h5-11,18-19H,4,12-15H2,1-3H3,(H,29,34)(H,30,37)/t18-,19+/m0/s1. The summed E-state index contributed by atoms with van der Waals surface area (Å²) < 4.78 is 7.21. The Morgan fingerprint density at radius 1 is 1.08 bits per heavy atom. The molecule has 5 rings (SSSR count). The van der Waals surface area contributed by atoms with E-state index in [2.05, 4.69) is 15.5 Å². The molecule has 0 saturated carbocycles. The van der Waals surface area contributed by atoms with E-state index in [9.17, 15) is 14.4 Å². The Balaban J connectivity index is 1.40. The molecule has 4 heterocycles. The number of benzene rings is 1. The van der Waals surface area contributed by atoms with E-state index in [0.717, 1.165) is 17.7 Å². The second-order valence-corrected chi connectivity index (χ2v) is 11.2. The van der Waals surface area contributed by atoms with Gasteiger partial charge < -0.3 is 24.8 Å². The summed E-state index contributed by atoms with van der Waals surface area (Å²) in [7, 11) is 0. The molecular weight excluding hydrogens is 520 g/mol. The van der Waals surface area contributed by atoms with Gasteiger partial charge in [-0.05, 0) is 68.6 Å². The number of esters is 1. The Kier molecular flexibility index (Phi) is 7.36. The molecule has 2 aliphatic rings. The number of para-hydroxylation sites is 1. The molecule has 0 aliphatic carbocycles. The summed E-state index contributed by atoms with van der Waals surface area (Å²) in [5.41, 5.74) is 3.61. The number of nitrogens with zero attached hydrogens (tertiary/aromatic N) is 2. The quantitative estimate of drug-likeness (QED) is 0.349. The monoisotopic (exact) mass is 550 g/mol. The lowest BCUT2D eigenvalue weighted by molar-refractivity contribution is 0.0527. The summed E-state index contributed by atoms with van der Waals surface area (Å²) in [6.07, 6.45) is 1.01. The van der Waals surface area contributed by atoms with Crippen LogP contribution in [0.3, 0.4) is 0 Å². The Labute approximate surface area is 230 Å². The second-order valence-electron chi connectivity index (χ2n) is 9.78. The molecule has 8 nitrogen and oxygen atoms in total. The lowest BCUT2D eigenvalue weighted by atomic mass is 9.83.